The fourth-order valence-electron chi connectivity index (χ4n) is 1.50. The molecule has 0 spiro atoms. The highest BCUT2D eigenvalue weighted by Gasteiger charge is 1.95. The third-order valence-electron chi connectivity index (χ3n) is 2.35. The lowest BCUT2D eigenvalue weighted by Gasteiger charge is -2.08. The van der Waals surface area contributed by atoms with E-state index in [-0.39, 0.29) is 0 Å². The van der Waals surface area contributed by atoms with Gasteiger partial charge in [0.15, 0.2) is 0 Å². The molecule has 2 N–H and O–H groups in total. The summed E-state index contributed by atoms with van der Waals surface area (Å²) in [5.41, 5.74) is 1.15. The molecular formula is C12H16N4. The highest BCUT2D eigenvalue weighted by atomic mass is 15.3. The van der Waals surface area contributed by atoms with Gasteiger partial charge in [0.25, 0.3) is 0 Å². The SMILES string of the molecule is Cn1nccc1NCCNc1ccccc1. The van der Waals surface area contributed by atoms with E-state index in [1.807, 2.05) is 36.0 Å². The van der Waals surface area contributed by atoms with Gasteiger partial charge in [-0.15, -0.1) is 0 Å². The Bertz CT molecular complexity index is 422. The monoisotopic (exact) mass is 216 g/mol. The summed E-state index contributed by atoms with van der Waals surface area (Å²) in [6.45, 7) is 1.75. The molecule has 1 heterocycles. The molecule has 0 aliphatic rings. The molecule has 0 aliphatic carbocycles. The van der Waals surface area contributed by atoms with E-state index in [1.165, 1.54) is 0 Å². The van der Waals surface area contributed by atoms with Crippen molar-refractivity contribution in [2.24, 2.45) is 7.05 Å². The molecule has 0 saturated heterocycles. The van der Waals surface area contributed by atoms with Crippen molar-refractivity contribution in [3.63, 3.8) is 0 Å². The minimum absolute atomic E-state index is 0.869. The molecule has 0 atom stereocenters. The number of nitrogens with zero attached hydrogens (tertiary/aromatic N) is 2. The Balaban J connectivity index is 1.72. The number of hydrogen-bond donors (Lipinski definition) is 2. The van der Waals surface area contributed by atoms with Crippen LogP contribution in [0.5, 0.6) is 0 Å². The predicted molar refractivity (Wildman–Crippen MR) is 66.6 cm³/mol. The first kappa shape index (κ1) is 10.5. The van der Waals surface area contributed by atoms with Gasteiger partial charge in [0, 0.05) is 31.9 Å². The molecule has 0 bridgehead atoms. The number of aryl methyl sites for hydroxylation is 1. The highest BCUT2D eigenvalue weighted by molar-refractivity contribution is 5.42. The maximum Gasteiger partial charge on any atom is 0.123 e. The maximum absolute atomic E-state index is 4.09. The number of aromatic nitrogens is 2. The van der Waals surface area contributed by atoms with Crippen molar-refractivity contribution in [2.75, 3.05) is 23.7 Å². The quantitative estimate of drug-likeness (QED) is 0.751. The molecule has 0 aliphatic heterocycles. The first-order valence-electron chi connectivity index (χ1n) is 5.37. The highest BCUT2D eigenvalue weighted by Crippen LogP contribution is 2.05. The van der Waals surface area contributed by atoms with Crippen molar-refractivity contribution in [3.8, 4) is 0 Å². The molecule has 0 fully saturated rings. The predicted octanol–water partition coefficient (Wildman–Crippen LogP) is 1.94. The van der Waals surface area contributed by atoms with Crippen LogP contribution < -0.4 is 10.6 Å². The fourth-order valence-corrected chi connectivity index (χ4v) is 1.50. The third kappa shape index (κ3) is 2.76. The summed E-state index contributed by atoms with van der Waals surface area (Å²) in [7, 11) is 1.92. The lowest BCUT2D eigenvalue weighted by atomic mass is 10.3. The second kappa shape index (κ2) is 5.21. The molecule has 0 radical (unpaired) electrons. The Morgan fingerprint density at radius 2 is 1.81 bits per heavy atom. The van der Waals surface area contributed by atoms with Crippen molar-refractivity contribution in [1.82, 2.24) is 9.78 Å². The minimum atomic E-state index is 0.869. The lowest BCUT2D eigenvalue weighted by molar-refractivity contribution is 0.769. The van der Waals surface area contributed by atoms with Crippen LogP contribution in [0.2, 0.25) is 0 Å². The largest absolute Gasteiger partial charge is 0.383 e. The average molecular weight is 216 g/mol. The van der Waals surface area contributed by atoms with Crippen molar-refractivity contribution < 1.29 is 0 Å². The van der Waals surface area contributed by atoms with Crippen LogP contribution in [0.1, 0.15) is 0 Å². The zero-order valence-corrected chi connectivity index (χ0v) is 9.35. The van der Waals surface area contributed by atoms with Crippen molar-refractivity contribution in [1.29, 1.82) is 0 Å². The standard InChI is InChI=1S/C12H16N4/c1-16-12(7-8-15-16)14-10-9-13-11-5-3-2-4-6-11/h2-8,13-14H,9-10H2,1H3. The van der Waals surface area contributed by atoms with Gasteiger partial charge in [0.1, 0.15) is 5.82 Å². The van der Waals surface area contributed by atoms with Crippen molar-refractivity contribution >= 4 is 11.5 Å². The van der Waals surface area contributed by atoms with E-state index >= 15 is 0 Å². The van der Waals surface area contributed by atoms with Crippen LogP contribution >= 0.6 is 0 Å². The topological polar surface area (TPSA) is 41.9 Å². The van der Waals surface area contributed by atoms with E-state index in [2.05, 4.69) is 27.9 Å². The molecule has 0 amide bonds. The van der Waals surface area contributed by atoms with Crippen molar-refractivity contribution in [3.05, 3.63) is 42.6 Å². The summed E-state index contributed by atoms with van der Waals surface area (Å²) in [6.07, 6.45) is 1.78. The zero-order chi connectivity index (χ0) is 11.2. The summed E-state index contributed by atoms with van der Waals surface area (Å²) in [5.74, 6) is 1.04. The van der Waals surface area contributed by atoms with Crippen LogP contribution in [0, 0.1) is 0 Å². The summed E-state index contributed by atoms with van der Waals surface area (Å²) < 4.78 is 1.82. The number of benzene rings is 1. The molecule has 16 heavy (non-hydrogen) atoms. The number of nitrogens with one attached hydrogen (secondary N) is 2. The number of para-hydroxylation sites is 1. The lowest BCUT2D eigenvalue weighted by Crippen LogP contribution is -2.15. The first-order valence-corrected chi connectivity index (χ1v) is 5.37. The Kier molecular flexibility index (Phi) is 3.43. The molecule has 2 aromatic rings. The van der Waals surface area contributed by atoms with Crippen LogP contribution in [-0.2, 0) is 7.05 Å². The molecule has 1 aromatic heterocycles. The number of rotatable bonds is 5. The smallest absolute Gasteiger partial charge is 0.123 e. The summed E-state index contributed by atoms with van der Waals surface area (Å²) >= 11 is 0. The van der Waals surface area contributed by atoms with Crippen LogP contribution in [0.25, 0.3) is 0 Å². The molecule has 0 unspecified atom stereocenters. The maximum atomic E-state index is 4.09. The number of hydrogen-bond acceptors (Lipinski definition) is 3. The van der Waals surface area contributed by atoms with E-state index < -0.39 is 0 Å². The van der Waals surface area contributed by atoms with Gasteiger partial charge in [0.2, 0.25) is 0 Å². The average Bonchev–Trinajstić information content (AvgIpc) is 2.72. The fraction of sp³-hybridized carbons (Fsp3) is 0.250. The van der Waals surface area contributed by atoms with Gasteiger partial charge in [-0.2, -0.15) is 5.10 Å². The van der Waals surface area contributed by atoms with Gasteiger partial charge in [-0.3, -0.25) is 4.68 Å². The van der Waals surface area contributed by atoms with Gasteiger partial charge in [-0.1, -0.05) is 18.2 Å². The second-order valence-corrected chi connectivity index (χ2v) is 3.56. The Hall–Kier alpha value is -1.97. The second-order valence-electron chi connectivity index (χ2n) is 3.56. The van der Waals surface area contributed by atoms with Crippen LogP contribution in [0.15, 0.2) is 42.6 Å². The van der Waals surface area contributed by atoms with E-state index in [1.54, 1.807) is 6.20 Å². The molecule has 1 aromatic carbocycles. The minimum Gasteiger partial charge on any atom is -0.383 e. The molecular weight excluding hydrogens is 200 g/mol. The Morgan fingerprint density at radius 1 is 1.06 bits per heavy atom. The van der Waals surface area contributed by atoms with Gasteiger partial charge >= 0.3 is 0 Å². The van der Waals surface area contributed by atoms with E-state index in [4.69, 9.17) is 0 Å². The summed E-state index contributed by atoms with van der Waals surface area (Å²) in [4.78, 5) is 0. The zero-order valence-electron chi connectivity index (χ0n) is 9.35. The Labute approximate surface area is 95.3 Å². The first-order chi connectivity index (χ1) is 7.86. The summed E-state index contributed by atoms with van der Waals surface area (Å²) in [5, 5.41) is 10.7. The van der Waals surface area contributed by atoms with E-state index in [0.717, 1.165) is 24.6 Å². The van der Waals surface area contributed by atoms with Gasteiger partial charge < -0.3 is 10.6 Å². The number of anilines is 2. The van der Waals surface area contributed by atoms with E-state index in [9.17, 15) is 0 Å². The van der Waals surface area contributed by atoms with Crippen LogP contribution in [0.3, 0.4) is 0 Å². The normalized spacial score (nSPS) is 10.1. The van der Waals surface area contributed by atoms with Crippen LogP contribution in [-0.4, -0.2) is 22.9 Å². The van der Waals surface area contributed by atoms with E-state index in [0.29, 0.717) is 0 Å². The van der Waals surface area contributed by atoms with Gasteiger partial charge in [-0.05, 0) is 12.1 Å². The van der Waals surface area contributed by atoms with Crippen LogP contribution in [0.4, 0.5) is 11.5 Å². The molecule has 4 heteroatoms. The van der Waals surface area contributed by atoms with Gasteiger partial charge in [-0.25, -0.2) is 0 Å². The third-order valence-corrected chi connectivity index (χ3v) is 2.35. The molecule has 0 saturated carbocycles. The Morgan fingerprint density at radius 3 is 2.50 bits per heavy atom. The molecule has 84 valence electrons. The van der Waals surface area contributed by atoms with Gasteiger partial charge in [0.05, 0.1) is 6.20 Å². The molecule has 4 nitrogen and oxygen atoms in total. The van der Waals surface area contributed by atoms with Crippen molar-refractivity contribution in [2.45, 2.75) is 0 Å². The summed E-state index contributed by atoms with van der Waals surface area (Å²) in [6, 6.07) is 12.1. The molecule has 2 rings (SSSR count).